The quantitative estimate of drug-likeness (QED) is 0.108. The molecule has 0 unspecified atom stereocenters. The van der Waals surface area contributed by atoms with Crippen LogP contribution in [0.1, 0.15) is 61.8 Å². The van der Waals surface area contributed by atoms with Crippen molar-refractivity contribution in [2.75, 3.05) is 112 Å². The Hall–Kier alpha value is -0.890. The maximum Gasteiger partial charge on any atom is 0.305 e. The predicted octanol–water partition coefficient (Wildman–Crippen LogP) is 2.88. The topological polar surface area (TPSA) is 148 Å². The number of carboxylic acid groups (broad SMARTS) is 1. The summed E-state index contributed by atoms with van der Waals surface area (Å²) in [6.45, 7) is 26.9. The van der Waals surface area contributed by atoms with E-state index in [0.29, 0.717) is 85.8 Å². The molecule has 0 aromatic carbocycles. The normalized spacial score (nSPS) is 13.3. The molecule has 0 rings (SSSR count). The smallest absolute Gasteiger partial charge is 0.305 e. The van der Waals surface area contributed by atoms with Crippen molar-refractivity contribution in [3.05, 3.63) is 0 Å². The average Bonchev–Trinajstić information content (AvgIpc) is 2.88. The Kier molecular flexibility index (Phi) is 21.3. The molecule has 0 aromatic rings. The summed E-state index contributed by atoms with van der Waals surface area (Å²) in [7, 11) is 0. The molecule has 0 aliphatic carbocycles. The van der Waals surface area contributed by atoms with E-state index >= 15 is 0 Å². The van der Waals surface area contributed by atoms with Gasteiger partial charge in [0.15, 0.2) is 0 Å². The molecule has 0 saturated heterocycles. The fraction of sp³-hybridized carbons (Fsp3) is 0.968. The number of hydrogen-bond donors (Lipinski definition) is 3. The fourth-order valence-electron chi connectivity index (χ4n) is 3.94. The summed E-state index contributed by atoms with van der Waals surface area (Å²) in [5.41, 5.74) is 11.3. The minimum atomic E-state index is -0.865. The Bertz CT molecular complexity index is 647. The molecule has 252 valence electrons. The van der Waals surface area contributed by atoms with E-state index in [0.717, 1.165) is 19.6 Å². The summed E-state index contributed by atoms with van der Waals surface area (Å²) in [5.74, 6) is -0.865. The zero-order chi connectivity index (χ0) is 32.1. The molecule has 0 aliphatic heterocycles. The van der Waals surface area contributed by atoms with Crippen LogP contribution in [-0.2, 0) is 33.2 Å². The number of carboxylic acids is 1. The van der Waals surface area contributed by atoms with E-state index in [2.05, 4.69) is 60.3 Å². The van der Waals surface area contributed by atoms with Gasteiger partial charge in [-0.25, -0.2) is 0 Å². The van der Waals surface area contributed by atoms with Gasteiger partial charge in [0.25, 0.3) is 0 Å². The van der Waals surface area contributed by atoms with Gasteiger partial charge >= 0.3 is 5.97 Å². The van der Waals surface area contributed by atoms with Crippen LogP contribution in [0.2, 0.25) is 0 Å². The van der Waals surface area contributed by atoms with E-state index in [9.17, 15) is 4.79 Å². The SMILES string of the molecule is CC(C)(CN)COCCOCC(C)(C)CN(CCOCCOCCC(=O)O)CC(C)(C)COCCOCC(C)(C)CN. The minimum Gasteiger partial charge on any atom is -0.481 e. The number of carbonyl (C=O) groups is 1. The maximum absolute atomic E-state index is 10.6. The first-order valence-electron chi connectivity index (χ1n) is 15.3. The zero-order valence-electron chi connectivity index (χ0n) is 28.1. The first-order chi connectivity index (χ1) is 19.5. The Balaban J connectivity index is 4.73. The van der Waals surface area contributed by atoms with Crippen LogP contribution in [0.15, 0.2) is 0 Å². The predicted molar refractivity (Wildman–Crippen MR) is 167 cm³/mol. The van der Waals surface area contributed by atoms with Crippen molar-refractivity contribution < 1.29 is 38.3 Å². The summed E-state index contributed by atoms with van der Waals surface area (Å²) in [4.78, 5) is 13.0. The van der Waals surface area contributed by atoms with Gasteiger partial charge in [-0.05, 0) is 13.1 Å². The lowest BCUT2D eigenvalue weighted by Crippen LogP contribution is -2.44. The number of nitrogens with zero attached hydrogens (tertiary/aromatic N) is 1. The van der Waals surface area contributed by atoms with Crippen LogP contribution >= 0.6 is 0 Å². The van der Waals surface area contributed by atoms with Gasteiger partial charge < -0.3 is 45.0 Å². The van der Waals surface area contributed by atoms with Crippen LogP contribution in [0.25, 0.3) is 0 Å². The molecular formula is C31H65N3O8. The molecular weight excluding hydrogens is 542 g/mol. The van der Waals surface area contributed by atoms with Crippen LogP contribution in [-0.4, -0.2) is 128 Å². The third kappa shape index (κ3) is 24.5. The van der Waals surface area contributed by atoms with Crippen molar-refractivity contribution in [2.45, 2.75) is 61.8 Å². The third-order valence-electron chi connectivity index (χ3n) is 6.51. The Morgan fingerprint density at radius 3 is 1.24 bits per heavy atom. The van der Waals surface area contributed by atoms with Gasteiger partial charge in [0.2, 0.25) is 0 Å². The second kappa shape index (κ2) is 21.8. The molecule has 0 bridgehead atoms. The second-order valence-corrected chi connectivity index (χ2v) is 14.4. The Labute approximate surface area is 256 Å². The largest absolute Gasteiger partial charge is 0.481 e. The van der Waals surface area contributed by atoms with Gasteiger partial charge in [0.05, 0.1) is 85.7 Å². The van der Waals surface area contributed by atoms with Gasteiger partial charge in [-0.15, -0.1) is 0 Å². The summed E-state index contributed by atoms with van der Waals surface area (Å²) in [6, 6.07) is 0. The molecule has 42 heavy (non-hydrogen) atoms. The van der Waals surface area contributed by atoms with Crippen molar-refractivity contribution in [3.8, 4) is 0 Å². The zero-order valence-corrected chi connectivity index (χ0v) is 28.1. The van der Waals surface area contributed by atoms with E-state index in [4.69, 9.17) is 45.0 Å². The van der Waals surface area contributed by atoms with Crippen LogP contribution in [0.5, 0.6) is 0 Å². The lowest BCUT2D eigenvalue weighted by atomic mass is 9.90. The molecule has 0 amide bonds. The summed E-state index contributed by atoms with van der Waals surface area (Å²) in [6.07, 6.45) is -0.00228. The Morgan fingerprint density at radius 1 is 0.548 bits per heavy atom. The van der Waals surface area contributed by atoms with Gasteiger partial charge in [-0.3, -0.25) is 9.69 Å². The number of nitrogens with two attached hydrogens (primary N) is 2. The Morgan fingerprint density at radius 2 is 0.881 bits per heavy atom. The van der Waals surface area contributed by atoms with Gasteiger partial charge in [0, 0.05) is 41.3 Å². The highest BCUT2D eigenvalue weighted by atomic mass is 16.5. The molecule has 0 heterocycles. The van der Waals surface area contributed by atoms with Crippen molar-refractivity contribution >= 4 is 5.97 Å². The highest BCUT2D eigenvalue weighted by Gasteiger charge is 2.28. The van der Waals surface area contributed by atoms with Crippen molar-refractivity contribution in [1.82, 2.24) is 4.90 Å². The first-order valence-corrected chi connectivity index (χ1v) is 15.3. The maximum atomic E-state index is 10.6. The number of rotatable bonds is 29. The van der Waals surface area contributed by atoms with Crippen LogP contribution in [0.3, 0.4) is 0 Å². The molecule has 0 atom stereocenters. The number of aliphatic carboxylic acids is 1. The lowest BCUT2D eigenvalue weighted by molar-refractivity contribution is -0.138. The highest BCUT2D eigenvalue weighted by molar-refractivity contribution is 5.66. The highest BCUT2D eigenvalue weighted by Crippen LogP contribution is 2.23. The molecule has 0 fully saturated rings. The van der Waals surface area contributed by atoms with Crippen LogP contribution < -0.4 is 11.5 Å². The molecule has 5 N–H and O–H groups in total. The van der Waals surface area contributed by atoms with Crippen molar-refractivity contribution in [1.29, 1.82) is 0 Å². The molecule has 0 aliphatic rings. The summed E-state index contributed by atoms with van der Waals surface area (Å²) < 4.78 is 34.6. The van der Waals surface area contributed by atoms with E-state index in [1.54, 1.807) is 0 Å². The van der Waals surface area contributed by atoms with E-state index in [-0.39, 0.29) is 34.7 Å². The second-order valence-electron chi connectivity index (χ2n) is 14.4. The number of ether oxygens (including phenoxy) is 6. The van der Waals surface area contributed by atoms with Crippen LogP contribution in [0, 0.1) is 21.7 Å². The van der Waals surface area contributed by atoms with E-state index in [1.807, 2.05) is 0 Å². The first kappa shape index (κ1) is 41.1. The molecule has 0 spiro atoms. The monoisotopic (exact) mass is 607 g/mol. The van der Waals surface area contributed by atoms with Crippen LogP contribution in [0.4, 0.5) is 0 Å². The average molecular weight is 608 g/mol. The molecule has 11 nitrogen and oxygen atoms in total. The standard InChI is InChI=1S/C31H65N3O8/c1-28(2,19-32)23-39-15-17-41-25-30(5,6)21-34(10-12-38-14-13-37-11-9-27(35)36)22-31(7,8)26-42-18-16-40-24-29(3,4)20-33/h9-26,32-33H2,1-8H3,(H,35,36). The van der Waals surface area contributed by atoms with Crippen molar-refractivity contribution in [2.24, 2.45) is 33.1 Å². The van der Waals surface area contributed by atoms with Crippen molar-refractivity contribution in [3.63, 3.8) is 0 Å². The summed E-state index contributed by atoms with van der Waals surface area (Å²) in [5, 5.41) is 8.71. The van der Waals surface area contributed by atoms with E-state index in [1.165, 1.54) is 0 Å². The lowest BCUT2D eigenvalue weighted by Gasteiger charge is -2.37. The molecule has 0 aromatic heterocycles. The van der Waals surface area contributed by atoms with Gasteiger partial charge in [0.1, 0.15) is 0 Å². The molecule has 11 heteroatoms. The molecule has 0 radical (unpaired) electrons. The summed E-state index contributed by atoms with van der Waals surface area (Å²) >= 11 is 0. The van der Waals surface area contributed by atoms with Gasteiger partial charge in [-0.2, -0.15) is 0 Å². The van der Waals surface area contributed by atoms with E-state index < -0.39 is 5.97 Å². The number of hydrogen-bond acceptors (Lipinski definition) is 10. The van der Waals surface area contributed by atoms with Gasteiger partial charge in [-0.1, -0.05) is 55.4 Å². The fourth-order valence-corrected chi connectivity index (χ4v) is 3.94. The molecule has 0 saturated carbocycles. The minimum absolute atomic E-state index is 0.00228. The third-order valence-corrected chi connectivity index (χ3v) is 6.51.